The second-order valence-electron chi connectivity index (χ2n) is 6.13. The lowest BCUT2D eigenvalue weighted by Crippen LogP contribution is -2.15. The van der Waals surface area contributed by atoms with E-state index >= 15 is 0 Å². The van der Waals surface area contributed by atoms with Crippen molar-refractivity contribution >= 4 is 62.1 Å². The number of halogens is 4. The number of nitrogens with zero attached hydrogens (tertiary/aromatic N) is 2. The van der Waals surface area contributed by atoms with Gasteiger partial charge in [-0.15, -0.1) is 0 Å². The summed E-state index contributed by atoms with van der Waals surface area (Å²) < 4.78 is 30.0. The molecule has 0 radical (unpaired) electrons. The fraction of sp³-hybridized carbons (Fsp3) is 0.167. The Morgan fingerprint density at radius 3 is 2.21 bits per heavy atom. The zero-order chi connectivity index (χ0) is 20.6. The highest BCUT2D eigenvalue weighted by atomic mass is 35.5. The fourth-order valence-electron chi connectivity index (χ4n) is 2.66. The van der Waals surface area contributed by atoms with Crippen molar-refractivity contribution in [2.24, 2.45) is 0 Å². The highest BCUT2D eigenvalue weighted by Crippen LogP contribution is 2.33. The molecule has 0 bridgehead atoms. The zero-order valence-electron chi connectivity index (χ0n) is 14.8. The molecule has 0 amide bonds. The summed E-state index contributed by atoms with van der Waals surface area (Å²) in [4.78, 5) is -0.159. The molecule has 1 heterocycles. The van der Waals surface area contributed by atoms with Crippen LogP contribution in [-0.2, 0) is 16.6 Å². The van der Waals surface area contributed by atoms with Crippen molar-refractivity contribution in [2.75, 3.05) is 4.72 Å². The van der Waals surface area contributed by atoms with E-state index in [1.807, 2.05) is 12.1 Å². The van der Waals surface area contributed by atoms with Crippen LogP contribution in [0.3, 0.4) is 0 Å². The van der Waals surface area contributed by atoms with E-state index in [9.17, 15) is 8.42 Å². The minimum Gasteiger partial charge on any atom is -0.276 e. The van der Waals surface area contributed by atoms with E-state index in [2.05, 4.69) is 9.82 Å². The third-order valence-corrected chi connectivity index (χ3v) is 6.92. The normalized spacial score (nSPS) is 11.6. The maximum atomic E-state index is 12.8. The number of aryl methyl sites for hydroxylation is 1. The van der Waals surface area contributed by atoms with Crippen molar-refractivity contribution in [3.8, 4) is 0 Å². The molecule has 1 N–H and O–H groups in total. The largest absolute Gasteiger partial charge is 0.276 e. The average molecular weight is 479 g/mol. The monoisotopic (exact) mass is 477 g/mol. The maximum Gasteiger partial charge on any atom is 0.263 e. The Bertz CT molecular complexity index is 1140. The van der Waals surface area contributed by atoms with Crippen LogP contribution >= 0.6 is 46.4 Å². The van der Waals surface area contributed by atoms with Crippen LogP contribution in [0.25, 0.3) is 0 Å². The van der Waals surface area contributed by atoms with E-state index in [1.165, 1.54) is 12.1 Å². The molecule has 0 saturated carbocycles. The van der Waals surface area contributed by atoms with Crippen molar-refractivity contribution < 1.29 is 8.42 Å². The summed E-state index contributed by atoms with van der Waals surface area (Å²) >= 11 is 23.8. The van der Waals surface area contributed by atoms with Gasteiger partial charge < -0.3 is 0 Å². The van der Waals surface area contributed by atoms with Gasteiger partial charge >= 0.3 is 0 Å². The molecule has 0 fully saturated rings. The number of hydrogen-bond acceptors (Lipinski definition) is 3. The van der Waals surface area contributed by atoms with Crippen LogP contribution in [0.2, 0.25) is 20.1 Å². The summed E-state index contributed by atoms with van der Waals surface area (Å²) in [5.74, 6) is 0. The number of rotatable bonds is 5. The molecule has 148 valence electrons. The first-order chi connectivity index (χ1) is 13.1. The lowest BCUT2D eigenvalue weighted by atomic mass is 10.2. The van der Waals surface area contributed by atoms with Crippen LogP contribution < -0.4 is 4.72 Å². The summed E-state index contributed by atoms with van der Waals surface area (Å²) in [5.41, 5.74) is 2.56. The lowest BCUT2D eigenvalue weighted by Gasteiger charge is -2.11. The van der Waals surface area contributed by atoms with E-state index in [1.54, 1.807) is 30.7 Å². The lowest BCUT2D eigenvalue weighted by molar-refractivity contribution is 0.601. The Kier molecular flexibility index (Phi) is 6.17. The van der Waals surface area contributed by atoms with Crippen LogP contribution in [0, 0.1) is 13.8 Å². The SMILES string of the molecule is Cc1nn(Cc2ccc(Cl)cc2)c(C)c1NS(=O)(=O)c1cc(Cl)c(Cl)cc1Cl. The minimum atomic E-state index is -3.99. The van der Waals surface area contributed by atoms with Gasteiger partial charge in [0.1, 0.15) is 4.90 Å². The molecular weight excluding hydrogens is 464 g/mol. The summed E-state index contributed by atoms with van der Waals surface area (Å²) in [6.07, 6.45) is 0. The predicted octanol–water partition coefficient (Wildman–Crippen LogP) is 5.96. The third kappa shape index (κ3) is 4.42. The van der Waals surface area contributed by atoms with Crippen molar-refractivity contribution in [1.29, 1.82) is 0 Å². The Morgan fingerprint density at radius 2 is 1.57 bits per heavy atom. The molecule has 3 aromatic rings. The first kappa shape index (κ1) is 21.3. The van der Waals surface area contributed by atoms with Crippen molar-refractivity contribution in [3.63, 3.8) is 0 Å². The van der Waals surface area contributed by atoms with Gasteiger partial charge in [0.15, 0.2) is 0 Å². The standard InChI is InChI=1S/C18H15Cl4N3O2S/c1-10-18(11(2)25(23-10)9-12-3-5-13(19)6-4-12)24-28(26,27)17-8-15(21)14(20)7-16(17)22/h3-8,24H,9H2,1-2H3. The second-order valence-corrected chi connectivity index (χ2v) is 9.44. The number of hydrogen-bond donors (Lipinski definition) is 1. The van der Waals surface area contributed by atoms with Crippen LogP contribution in [-0.4, -0.2) is 18.2 Å². The Labute approximate surface area is 183 Å². The van der Waals surface area contributed by atoms with E-state index < -0.39 is 10.0 Å². The van der Waals surface area contributed by atoms with E-state index in [0.717, 1.165) is 5.56 Å². The predicted molar refractivity (Wildman–Crippen MR) is 115 cm³/mol. The van der Waals surface area contributed by atoms with Gasteiger partial charge in [0, 0.05) is 5.02 Å². The second kappa shape index (κ2) is 8.13. The number of anilines is 1. The summed E-state index contributed by atoms with van der Waals surface area (Å²) in [6, 6.07) is 9.87. The zero-order valence-corrected chi connectivity index (χ0v) is 18.6. The molecule has 2 aromatic carbocycles. The number of benzene rings is 2. The van der Waals surface area contributed by atoms with E-state index in [0.29, 0.717) is 28.6 Å². The van der Waals surface area contributed by atoms with Crippen LogP contribution in [0.4, 0.5) is 5.69 Å². The molecule has 28 heavy (non-hydrogen) atoms. The highest BCUT2D eigenvalue weighted by Gasteiger charge is 2.23. The fourth-order valence-corrected chi connectivity index (χ4v) is 4.97. The molecule has 3 rings (SSSR count). The molecule has 0 unspecified atom stereocenters. The number of sulfonamides is 1. The topological polar surface area (TPSA) is 64.0 Å². The first-order valence-corrected chi connectivity index (χ1v) is 11.0. The van der Waals surface area contributed by atoms with Crippen molar-refractivity contribution in [2.45, 2.75) is 25.3 Å². The van der Waals surface area contributed by atoms with Gasteiger partial charge in [0.05, 0.1) is 38.7 Å². The summed E-state index contributed by atoms with van der Waals surface area (Å²) in [7, 11) is -3.99. The smallest absolute Gasteiger partial charge is 0.263 e. The van der Waals surface area contributed by atoms with Gasteiger partial charge in [-0.2, -0.15) is 5.10 Å². The van der Waals surface area contributed by atoms with Crippen LogP contribution in [0.15, 0.2) is 41.3 Å². The van der Waals surface area contributed by atoms with Gasteiger partial charge in [0.25, 0.3) is 10.0 Å². The van der Waals surface area contributed by atoms with Gasteiger partial charge in [0.2, 0.25) is 0 Å². The molecule has 0 saturated heterocycles. The number of nitrogens with one attached hydrogen (secondary N) is 1. The van der Waals surface area contributed by atoms with Gasteiger partial charge in [-0.25, -0.2) is 8.42 Å². The van der Waals surface area contributed by atoms with Crippen molar-refractivity contribution in [3.05, 3.63) is 73.4 Å². The highest BCUT2D eigenvalue weighted by molar-refractivity contribution is 7.92. The Morgan fingerprint density at radius 1 is 0.964 bits per heavy atom. The van der Waals surface area contributed by atoms with Crippen molar-refractivity contribution in [1.82, 2.24) is 9.78 Å². The van der Waals surface area contributed by atoms with E-state index in [-0.39, 0.29) is 20.0 Å². The Balaban J connectivity index is 1.93. The molecular formula is C18H15Cl4N3O2S. The molecule has 10 heteroatoms. The van der Waals surface area contributed by atoms with Gasteiger partial charge in [-0.1, -0.05) is 58.5 Å². The molecule has 5 nitrogen and oxygen atoms in total. The number of aromatic nitrogens is 2. The molecule has 1 aromatic heterocycles. The van der Waals surface area contributed by atoms with Crippen LogP contribution in [0.5, 0.6) is 0 Å². The quantitative estimate of drug-likeness (QED) is 0.460. The summed E-state index contributed by atoms with van der Waals surface area (Å²) in [5, 5.41) is 5.33. The first-order valence-electron chi connectivity index (χ1n) is 8.04. The maximum absolute atomic E-state index is 12.8. The van der Waals surface area contributed by atoms with Gasteiger partial charge in [-0.05, 0) is 43.7 Å². The molecule has 0 atom stereocenters. The Hall–Kier alpha value is -1.44. The minimum absolute atomic E-state index is 0.0224. The average Bonchev–Trinajstić information content (AvgIpc) is 2.87. The molecule has 0 aliphatic heterocycles. The molecule has 0 aliphatic rings. The van der Waals surface area contributed by atoms with Crippen LogP contribution in [0.1, 0.15) is 17.0 Å². The third-order valence-electron chi connectivity index (χ3n) is 4.13. The molecule has 0 spiro atoms. The molecule has 0 aliphatic carbocycles. The van der Waals surface area contributed by atoms with Gasteiger partial charge in [-0.3, -0.25) is 9.40 Å². The van der Waals surface area contributed by atoms with E-state index in [4.69, 9.17) is 46.4 Å². The summed E-state index contributed by atoms with van der Waals surface area (Å²) in [6.45, 7) is 3.98.